The fourth-order valence-electron chi connectivity index (χ4n) is 1.42. The second-order valence-electron chi connectivity index (χ2n) is 4.76. The zero-order valence-electron chi connectivity index (χ0n) is 10.1. The molecule has 0 saturated heterocycles. The molecule has 0 atom stereocenters. The second-order valence-corrected chi connectivity index (χ2v) is 4.76. The van der Waals surface area contributed by atoms with E-state index in [1.165, 1.54) is 0 Å². The standard InChI is InChI=1S/C12H15N3O2/c1-12(2,3)17-11(16)15-10-6-9-8(7-14-10)4-5-13-9/h4-7,13H,1-3H3,(H,14,15,16). The van der Waals surface area contributed by atoms with Crippen molar-refractivity contribution in [2.45, 2.75) is 26.4 Å². The number of nitrogens with one attached hydrogen (secondary N) is 2. The van der Waals surface area contributed by atoms with E-state index in [-0.39, 0.29) is 0 Å². The second kappa shape index (κ2) is 4.08. The molecule has 2 aromatic heterocycles. The Labute approximate surface area is 99.2 Å². The van der Waals surface area contributed by atoms with Crippen LogP contribution < -0.4 is 5.32 Å². The van der Waals surface area contributed by atoms with Gasteiger partial charge in [0.1, 0.15) is 11.4 Å². The maximum Gasteiger partial charge on any atom is 0.413 e. The van der Waals surface area contributed by atoms with E-state index in [1.54, 1.807) is 12.3 Å². The van der Waals surface area contributed by atoms with Gasteiger partial charge in [-0.1, -0.05) is 0 Å². The van der Waals surface area contributed by atoms with Gasteiger partial charge in [0, 0.05) is 23.8 Å². The van der Waals surface area contributed by atoms with Gasteiger partial charge in [0.05, 0.1) is 5.52 Å². The molecule has 0 fully saturated rings. The molecular formula is C12H15N3O2. The Morgan fingerprint density at radius 3 is 2.94 bits per heavy atom. The van der Waals surface area contributed by atoms with Crippen LogP contribution in [0.5, 0.6) is 0 Å². The van der Waals surface area contributed by atoms with Crippen LogP contribution in [0.25, 0.3) is 10.9 Å². The zero-order valence-corrected chi connectivity index (χ0v) is 10.1. The predicted molar refractivity (Wildman–Crippen MR) is 66.0 cm³/mol. The molecule has 2 aromatic rings. The van der Waals surface area contributed by atoms with Crippen LogP contribution in [0.3, 0.4) is 0 Å². The highest BCUT2D eigenvalue weighted by molar-refractivity contribution is 5.87. The third-order valence-electron chi connectivity index (χ3n) is 2.07. The van der Waals surface area contributed by atoms with E-state index in [9.17, 15) is 4.79 Å². The first-order chi connectivity index (χ1) is 7.94. The fraction of sp³-hybridized carbons (Fsp3) is 0.333. The number of hydrogen-bond donors (Lipinski definition) is 2. The average molecular weight is 233 g/mol. The fourth-order valence-corrected chi connectivity index (χ4v) is 1.42. The molecule has 2 N–H and O–H groups in total. The largest absolute Gasteiger partial charge is 0.444 e. The summed E-state index contributed by atoms with van der Waals surface area (Å²) in [5.41, 5.74) is 0.409. The number of aromatic nitrogens is 2. The van der Waals surface area contributed by atoms with Crippen molar-refractivity contribution in [1.29, 1.82) is 0 Å². The minimum Gasteiger partial charge on any atom is -0.444 e. The lowest BCUT2D eigenvalue weighted by Crippen LogP contribution is -2.27. The summed E-state index contributed by atoms with van der Waals surface area (Å²) in [5, 5.41) is 3.59. The van der Waals surface area contributed by atoms with Crippen molar-refractivity contribution in [1.82, 2.24) is 9.97 Å². The van der Waals surface area contributed by atoms with Crippen molar-refractivity contribution >= 4 is 22.8 Å². The number of amides is 1. The van der Waals surface area contributed by atoms with Gasteiger partial charge in [0.2, 0.25) is 0 Å². The summed E-state index contributed by atoms with van der Waals surface area (Å²) in [5.74, 6) is 0.467. The number of rotatable bonds is 1. The van der Waals surface area contributed by atoms with Gasteiger partial charge in [-0.25, -0.2) is 9.78 Å². The van der Waals surface area contributed by atoms with Crippen LogP contribution >= 0.6 is 0 Å². The number of carbonyl (C=O) groups is 1. The Bertz CT molecular complexity index is 540. The molecule has 0 saturated carbocycles. The van der Waals surface area contributed by atoms with Crippen molar-refractivity contribution in [2.75, 3.05) is 5.32 Å². The van der Waals surface area contributed by atoms with Crippen molar-refractivity contribution in [3.63, 3.8) is 0 Å². The van der Waals surface area contributed by atoms with Crippen molar-refractivity contribution in [3.8, 4) is 0 Å². The summed E-state index contributed by atoms with van der Waals surface area (Å²) in [4.78, 5) is 18.7. The number of nitrogens with zero attached hydrogens (tertiary/aromatic N) is 1. The van der Waals surface area contributed by atoms with Crippen LogP contribution in [-0.2, 0) is 4.74 Å². The van der Waals surface area contributed by atoms with E-state index in [1.807, 2.05) is 33.0 Å². The molecule has 0 aliphatic heterocycles. The van der Waals surface area contributed by atoms with E-state index >= 15 is 0 Å². The van der Waals surface area contributed by atoms with Crippen LogP contribution in [0, 0.1) is 0 Å². The number of fused-ring (bicyclic) bond motifs is 1. The summed E-state index contributed by atoms with van der Waals surface area (Å²) in [7, 11) is 0. The number of H-pyrrole nitrogens is 1. The van der Waals surface area contributed by atoms with Gasteiger partial charge >= 0.3 is 6.09 Å². The first-order valence-corrected chi connectivity index (χ1v) is 5.37. The third kappa shape index (κ3) is 2.96. The molecular weight excluding hydrogens is 218 g/mol. The SMILES string of the molecule is CC(C)(C)OC(=O)Nc1cc2[nH]ccc2cn1. The van der Waals surface area contributed by atoms with Gasteiger partial charge in [-0.05, 0) is 26.8 Å². The maximum atomic E-state index is 11.5. The zero-order chi connectivity index (χ0) is 12.5. The number of pyridine rings is 1. The topological polar surface area (TPSA) is 67.0 Å². The Kier molecular flexibility index (Phi) is 2.75. The smallest absolute Gasteiger partial charge is 0.413 e. The summed E-state index contributed by atoms with van der Waals surface area (Å²) in [6.45, 7) is 5.44. The lowest BCUT2D eigenvalue weighted by Gasteiger charge is -2.19. The predicted octanol–water partition coefficient (Wildman–Crippen LogP) is 2.91. The number of carbonyl (C=O) groups excluding carboxylic acids is 1. The van der Waals surface area contributed by atoms with Crippen LogP contribution in [-0.4, -0.2) is 21.7 Å². The van der Waals surface area contributed by atoms with Crippen LogP contribution in [0.15, 0.2) is 24.5 Å². The highest BCUT2D eigenvalue weighted by Gasteiger charge is 2.16. The van der Waals surface area contributed by atoms with E-state index in [2.05, 4.69) is 15.3 Å². The minimum absolute atomic E-state index is 0.467. The molecule has 0 spiro atoms. The summed E-state index contributed by atoms with van der Waals surface area (Å²) >= 11 is 0. The Hall–Kier alpha value is -2.04. The molecule has 2 rings (SSSR count). The van der Waals surface area contributed by atoms with Gasteiger partial charge in [-0.15, -0.1) is 0 Å². The van der Waals surface area contributed by atoms with Crippen molar-refractivity contribution in [2.24, 2.45) is 0 Å². The van der Waals surface area contributed by atoms with E-state index in [0.717, 1.165) is 10.9 Å². The average Bonchev–Trinajstić information content (AvgIpc) is 2.61. The van der Waals surface area contributed by atoms with Crippen LogP contribution in [0.2, 0.25) is 0 Å². The molecule has 0 unspecified atom stereocenters. The quantitative estimate of drug-likeness (QED) is 0.795. The summed E-state index contributed by atoms with van der Waals surface area (Å²) < 4.78 is 5.13. The normalized spacial score (nSPS) is 11.5. The van der Waals surface area contributed by atoms with Crippen LogP contribution in [0.4, 0.5) is 10.6 Å². The van der Waals surface area contributed by atoms with Crippen molar-refractivity contribution < 1.29 is 9.53 Å². The molecule has 2 heterocycles. The molecule has 90 valence electrons. The molecule has 5 nitrogen and oxygen atoms in total. The maximum absolute atomic E-state index is 11.5. The Morgan fingerprint density at radius 2 is 2.24 bits per heavy atom. The number of anilines is 1. The summed E-state index contributed by atoms with van der Waals surface area (Å²) in [6, 6.07) is 3.68. The van der Waals surface area contributed by atoms with Gasteiger partial charge < -0.3 is 9.72 Å². The Morgan fingerprint density at radius 1 is 1.47 bits per heavy atom. The van der Waals surface area contributed by atoms with E-state index in [4.69, 9.17) is 4.74 Å². The monoisotopic (exact) mass is 233 g/mol. The first kappa shape index (κ1) is 11.4. The number of aromatic amines is 1. The molecule has 1 amide bonds. The van der Waals surface area contributed by atoms with E-state index in [0.29, 0.717) is 5.82 Å². The molecule has 0 radical (unpaired) electrons. The number of hydrogen-bond acceptors (Lipinski definition) is 3. The number of ether oxygens (including phenoxy) is 1. The third-order valence-corrected chi connectivity index (χ3v) is 2.07. The first-order valence-electron chi connectivity index (χ1n) is 5.37. The molecule has 0 bridgehead atoms. The molecule has 17 heavy (non-hydrogen) atoms. The van der Waals surface area contributed by atoms with Gasteiger partial charge in [0.25, 0.3) is 0 Å². The molecule has 0 aromatic carbocycles. The van der Waals surface area contributed by atoms with Gasteiger partial charge in [-0.3, -0.25) is 5.32 Å². The molecule has 0 aliphatic carbocycles. The van der Waals surface area contributed by atoms with Crippen molar-refractivity contribution in [3.05, 3.63) is 24.5 Å². The lowest BCUT2D eigenvalue weighted by molar-refractivity contribution is 0.0635. The van der Waals surface area contributed by atoms with E-state index < -0.39 is 11.7 Å². The Balaban J connectivity index is 2.10. The van der Waals surface area contributed by atoms with Gasteiger partial charge in [-0.2, -0.15) is 0 Å². The van der Waals surface area contributed by atoms with Crippen LogP contribution in [0.1, 0.15) is 20.8 Å². The summed E-state index contributed by atoms with van der Waals surface area (Å²) in [6.07, 6.45) is 3.01. The van der Waals surface area contributed by atoms with Gasteiger partial charge in [0.15, 0.2) is 0 Å². The highest BCUT2D eigenvalue weighted by Crippen LogP contribution is 2.15. The molecule has 0 aliphatic rings. The highest BCUT2D eigenvalue weighted by atomic mass is 16.6. The molecule has 5 heteroatoms. The minimum atomic E-state index is -0.513. The lowest BCUT2D eigenvalue weighted by atomic mass is 10.2.